The zero-order valence-electron chi connectivity index (χ0n) is 18.8. The van der Waals surface area contributed by atoms with E-state index >= 15 is 0 Å². The standard InChI is InChI=1S/C25H25ClN2O5S/c1-17-25(29)28(13-12-18-6-3-4-9-23(18)32-2)16-19-14-21(10-11-24(19)33-17)27-34(30,31)22-8-5-7-20(26)15-22/h3-11,14-15,17,27H,12-13,16H2,1-2H3/t17-/m0/s1. The summed E-state index contributed by atoms with van der Waals surface area (Å²) in [7, 11) is -2.21. The third kappa shape index (κ3) is 5.29. The van der Waals surface area contributed by atoms with Crippen molar-refractivity contribution in [1.29, 1.82) is 0 Å². The number of anilines is 1. The quantitative estimate of drug-likeness (QED) is 0.516. The fraction of sp³-hybridized carbons (Fsp3) is 0.240. The number of hydrogen-bond donors (Lipinski definition) is 1. The number of fused-ring (bicyclic) bond motifs is 1. The van der Waals surface area contributed by atoms with Gasteiger partial charge in [-0.25, -0.2) is 8.42 Å². The molecule has 4 rings (SSSR count). The third-order valence-electron chi connectivity index (χ3n) is 5.59. The third-order valence-corrected chi connectivity index (χ3v) is 7.20. The van der Waals surface area contributed by atoms with Gasteiger partial charge < -0.3 is 14.4 Å². The van der Waals surface area contributed by atoms with Gasteiger partial charge in [0, 0.05) is 29.4 Å². The summed E-state index contributed by atoms with van der Waals surface area (Å²) in [6.45, 7) is 2.47. The molecule has 1 atom stereocenters. The van der Waals surface area contributed by atoms with Gasteiger partial charge >= 0.3 is 0 Å². The van der Waals surface area contributed by atoms with Gasteiger partial charge in [0.25, 0.3) is 15.9 Å². The molecule has 0 aliphatic carbocycles. The zero-order valence-corrected chi connectivity index (χ0v) is 20.4. The Labute approximate surface area is 204 Å². The van der Waals surface area contributed by atoms with E-state index in [0.29, 0.717) is 41.5 Å². The molecule has 0 fully saturated rings. The minimum absolute atomic E-state index is 0.0634. The molecule has 0 bridgehead atoms. The van der Waals surface area contributed by atoms with Crippen LogP contribution in [0.2, 0.25) is 5.02 Å². The van der Waals surface area contributed by atoms with Crippen molar-refractivity contribution in [2.24, 2.45) is 0 Å². The number of carbonyl (C=O) groups is 1. The highest BCUT2D eigenvalue weighted by molar-refractivity contribution is 7.92. The van der Waals surface area contributed by atoms with Crippen LogP contribution in [0, 0.1) is 0 Å². The van der Waals surface area contributed by atoms with E-state index in [1.807, 2.05) is 24.3 Å². The average molecular weight is 501 g/mol. The minimum Gasteiger partial charge on any atom is -0.496 e. The van der Waals surface area contributed by atoms with E-state index in [0.717, 1.165) is 11.3 Å². The Balaban J connectivity index is 1.56. The van der Waals surface area contributed by atoms with Gasteiger partial charge in [-0.2, -0.15) is 0 Å². The molecule has 1 aliphatic heterocycles. The first-order valence-corrected chi connectivity index (χ1v) is 12.6. The van der Waals surface area contributed by atoms with E-state index in [2.05, 4.69) is 4.72 Å². The SMILES string of the molecule is COc1ccccc1CCN1Cc2cc(NS(=O)(=O)c3cccc(Cl)c3)ccc2O[C@@H](C)C1=O. The molecule has 9 heteroatoms. The molecular weight excluding hydrogens is 476 g/mol. The molecule has 7 nitrogen and oxygen atoms in total. The summed E-state index contributed by atoms with van der Waals surface area (Å²) >= 11 is 5.95. The maximum Gasteiger partial charge on any atom is 0.263 e. The van der Waals surface area contributed by atoms with E-state index in [-0.39, 0.29) is 10.8 Å². The van der Waals surface area contributed by atoms with Gasteiger partial charge in [0.2, 0.25) is 0 Å². The summed E-state index contributed by atoms with van der Waals surface area (Å²) in [5.74, 6) is 1.19. The average Bonchev–Trinajstić information content (AvgIpc) is 2.93. The van der Waals surface area contributed by atoms with Gasteiger partial charge in [-0.05, 0) is 61.4 Å². The van der Waals surface area contributed by atoms with Crippen LogP contribution in [0.1, 0.15) is 18.1 Å². The fourth-order valence-electron chi connectivity index (χ4n) is 3.87. The van der Waals surface area contributed by atoms with Crippen LogP contribution < -0.4 is 14.2 Å². The molecule has 1 aliphatic rings. The molecule has 178 valence electrons. The molecule has 0 saturated heterocycles. The molecular formula is C25H25ClN2O5S. The molecule has 0 saturated carbocycles. The number of benzene rings is 3. The van der Waals surface area contributed by atoms with Gasteiger partial charge in [-0.15, -0.1) is 0 Å². The molecule has 0 spiro atoms. The molecule has 1 heterocycles. The number of ether oxygens (including phenoxy) is 2. The monoisotopic (exact) mass is 500 g/mol. The van der Waals surface area contributed by atoms with Crippen LogP contribution in [0.15, 0.2) is 71.6 Å². The lowest BCUT2D eigenvalue weighted by Crippen LogP contribution is -2.39. The topological polar surface area (TPSA) is 84.9 Å². The van der Waals surface area contributed by atoms with Crippen LogP contribution in [0.25, 0.3) is 0 Å². The largest absolute Gasteiger partial charge is 0.496 e. The number of sulfonamides is 1. The van der Waals surface area contributed by atoms with Crippen molar-refractivity contribution in [2.45, 2.75) is 30.9 Å². The second kappa shape index (κ2) is 9.95. The van der Waals surface area contributed by atoms with Gasteiger partial charge in [-0.3, -0.25) is 9.52 Å². The predicted octanol–water partition coefficient (Wildman–Crippen LogP) is 4.50. The van der Waals surface area contributed by atoms with Crippen molar-refractivity contribution in [3.05, 3.63) is 82.9 Å². The van der Waals surface area contributed by atoms with E-state index in [1.54, 1.807) is 49.3 Å². The number of nitrogens with one attached hydrogen (secondary N) is 1. The predicted molar refractivity (Wildman–Crippen MR) is 131 cm³/mol. The minimum atomic E-state index is -3.83. The molecule has 3 aromatic carbocycles. The van der Waals surface area contributed by atoms with Crippen molar-refractivity contribution in [3.8, 4) is 11.5 Å². The highest BCUT2D eigenvalue weighted by atomic mass is 35.5. The molecule has 1 amide bonds. The summed E-state index contributed by atoms with van der Waals surface area (Å²) < 4.78 is 39.5. The highest BCUT2D eigenvalue weighted by Crippen LogP contribution is 2.30. The van der Waals surface area contributed by atoms with Crippen LogP contribution in [0.3, 0.4) is 0 Å². The number of amides is 1. The maximum absolute atomic E-state index is 13.0. The lowest BCUT2D eigenvalue weighted by atomic mass is 10.1. The van der Waals surface area contributed by atoms with Crippen molar-refractivity contribution in [3.63, 3.8) is 0 Å². The molecule has 0 aromatic heterocycles. The van der Waals surface area contributed by atoms with E-state index < -0.39 is 16.1 Å². The number of nitrogens with zero attached hydrogens (tertiary/aromatic N) is 1. The van der Waals surface area contributed by atoms with Crippen LogP contribution in [0.4, 0.5) is 5.69 Å². The van der Waals surface area contributed by atoms with Gasteiger partial charge in [0.1, 0.15) is 11.5 Å². The van der Waals surface area contributed by atoms with Crippen LogP contribution >= 0.6 is 11.6 Å². The summed E-state index contributed by atoms with van der Waals surface area (Å²) in [5.41, 5.74) is 2.08. The zero-order chi connectivity index (χ0) is 24.3. The van der Waals surface area contributed by atoms with Crippen molar-refractivity contribution in [2.75, 3.05) is 18.4 Å². The Morgan fingerprint density at radius 1 is 1.12 bits per heavy atom. The van der Waals surface area contributed by atoms with E-state index in [4.69, 9.17) is 21.1 Å². The van der Waals surface area contributed by atoms with Crippen molar-refractivity contribution < 1.29 is 22.7 Å². The number of hydrogen-bond acceptors (Lipinski definition) is 5. The second-order valence-electron chi connectivity index (χ2n) is 7.97. The summed E-state index contributed by atoms with van der Waals surface area (Å²) in [6, 6.07) is 18.7. The van der Waals surface area contributed by atoms with Gasteiger partial charge in [-0.1, -0.05) is 35.9 Å². The Hall–Kier alpha value is -3.23. The normalized spacial score (nSPS) is 15.8. The molecule has 1 N–H and O–H groups in total. The fourth-order valence-corrected chi connectivity index (χ4v) is 5.22. The maximum atomic E-state index is 13.0. The summed E-state index contributed by atoms with van der Waals surface area (Å²) in [6.07, 6.45) is -0.0493. The van der Waals surface area contributed by atoms with E-state index in [1.165, 1.54) is 12.1 Å². The Bertz CT molecular complexity index is 1310. The Morgan fingerprint density at radius 2 is 1.91 bits per heavy atom. The molecule has 34 heavy (non-hydrogen) atoms. The first-order valence-electron chi connectivity index (χ1n) is 10.8. The molecule has 0 unspecified atom stereocenters. The lowest BCUT2D eigenvalue weighted by Gasteiger charge is -2.22. The van der Waals surface area contributed by atoms with Crippen LogP contribution in [0.5, 0.6) is 11.5 Å². The second-order valence-corrected chi connectivity index (χ2v) is 10.1. The van der Waals surface area contributed by atoms with Crippen LogP contribution in [-0.2, 0) is 27.8 Å². The first-order chi connectivity index (χ1) is 16.3. The highest BCUT2D eigenvalue weighted by Gasteiger charge is 2.28. The number of carbonyl (C=O) groups excluding carboxylic acids is 1. The first kappa shape index (κ1) is 23.9. The van der Waals surface area contributed by atoms with Gasteiger partial charge in [0.05, 0.1) is 12.0 Å². The number of methoxy groups -OCH3 is 1. The van der Waals surface area contributed by atoms with Crippen molar-refractivity contribution in [1.82, 2.24) is 4.90 Å². The number of rotatable bonds is 7. The van der Waals surface area contributed by atoms with E-state index in [9.17, 15) is 13.2 Å². The van der Waals surface area contributed by atoms with Crippen LogP contribution in [-0.4, -0.2) is 39.0 Å². The number of halogens is 1. The van der Waals surface area contributed by atoms with Crippen molar-refractivity contribution >= 4 is 33.2 Å². The summed E-state index contributed by atoms with van der Waals surface area (Å²) in [4.78, 5) is 14.7. The Kier molecular flexibility index (Phi) is 7.00. The molecule has 3 aromatic rings. The lowest BCUT2D eigenvalue weighted by molar-refractivity contribution is -0.137. The summed E-state index contributed by atoms with van der Waals surface area (Å²) in [5, 5.41) is 0.330. The number of para-hydroxylation sites is 1. The smallest absolute Gasteiger partial charge is 0.263 e. The molecule has 0 radical (unpaired) electrons. The van der Waals surface area contributed by atoms with Gasteiger partial charge in [0.15, 0.2) is 6.10 Å². The Morgan fingerprint density at radius 3 is 2.68 bits per heavy atom.